The van der Waals surface area contributed by atoms with Gasteiger partial charge in [0, 0.05) is 30.4 Å². The number of morpholine rings is 1. The van der Waals surface area contributed by atoms with E-state index in [1.54, 1.807) is 0 Å². The summed E-state index contributed by atoms with van der Waals surface area (Å²) >= 11 is 0. The summed E-state index contributed by atoms with van der Waals surface area (Å²) in [5, 5.41) is 3.13. The third-order valence-corrected chi connectivity index (χ3v) is 4.58. The normalized spacial score (nSPS) is 19.8. The van der Waals surface area contributed by atoms with Crippen molar-refractivity contribution in [3.63, 3.8) is 0 Å². The van der Waals surface area contributed by atoms with Gasteiger partial charge in [0.15, 0.2) is 0 Å². The van der Waals surface area contributed by atoms with Gasteiger partial charge in [0.25, 0.3) is 0 Å². The fourth-order valence-corrected chi connectivity index (χ4v) is 3.19. The Kier molecular flexibility index (Phi) is 4.44. The molecule has 1 aliphatic heterocycles. The molecule has 0 radical (unpaired) electrons. The van der Waals surface area contributed by atoms with Gasteiger partial charge in [-0.05, 0) is 37.5 Å². The second-order valence-electron chi connectivity index (χ2n) is 6.07. The highest BCUT2D eigenvalue weighted by Crippen LogP contribution is 2.28. The smallest absolute Gasteiger partial charge is 0.227 e. The second kappa shape index (κ2) is 6.48. The molecule has 0 bridgehead atoms. The van der Waals surface area contributed by atoms with Crippen LogP contribution < -0.4 is 10.2 Å². The van der Waals surface area contributed by atoms with Gasteiger partial charge < -0.3 is 15.0 Å². The summed E-state index contributed by atoms with van der Waals surface area (Å²) in [6.07, 6.45) is 4.44. The molecule has 4 heteroatoms. The third-order valence-electron chi connectivity index (χ3n) is 4.58. The lowest BCUT2D eigenvalue weighted by molar-refractivity contribution is -0.119. The van der Waals surface area contributed by atoms with E-state index in [2.05, 4.69) is 28.4 Å². The number of amides is 1. The van der Waals surface area contributed by atoms with E-state index >= 15 is 0 Å². The van der Waals surface area contributed by atoms with E-state index in [4.69, 9.17) is 4.74 Å². The molecule has 1 amide bonds. The lowest BCUT2D eigenvalue weighted by Gasteiger charge is -2.29. The van der Waals surface area contributed by atoms with Crippen LogP contribution >= 0.6 is 0 Å². The van der Waals surface area contributed by atoms with Gasteiger partial charge in [-0.1, -0.05) is 18.9 Å². The van der Waals surface area contributed by atoms with Crippen LogP contribution in [0.25, 0.3) is 0 Å². The maximum atomic E-state index is 12.3. The molecule has 3 rings (SSSR count). The Morgan fingerprint density at radius 2 is 1.95 bits per heavy atom. The van der Waals surface area contributed by atoms with Crippen LogP contribution in [-0.4, -0.2) is 32.2 Å². The number of ether oxygens (including phenoxy) is 1. The van der Waals surface area contributed by atoms with E-state index in [1.165, 1.54) is 18.5 Å². The zero-order valence-corrected chi connectivity index (χ0v) is 12.7. The maximum absolute atomic E-state index is 12.3. The molecule has 0 unspecified atom stereocenters. The number of nitrogens with zero attached hydrogens (tertiary/aromatic N) is 1. The summed E-state index contributed by atoms with van der Waals surface area (Å²) in [5.41, 5.74) is 3.25. The first-order valence-electron chi connectivity index (χ1n) is 7.98. The third kappa shape index (κ3) is 3.38. The molecule has 2 fully saturated rings. The average molecular weight is 288 g/mol. The van der Waals surface area contributed by atoms with Crippen molar-refractivity contribution in [2.75, 3.05) is 36.5 Å². The molecule has 21 heavy (non-hydrogen) atoms. The molecule has 1 N–H and O–H groups in total. The molecule has 1 aliphatic carbocycles. The Morgan fingerprint density at radius 3 is 2.67 bits per heavy atom. The summed E-state index contributed by atoms with van der Waals surface area (Å²) in [4.78, 5) is 14.6. The summed E-state index contributed by atoms with van der Waals surface area (Å²) in [6, 6.07) is 6.33. The van der Waals surface area contributed by atoms with Crippen LogP contribution in [0.5, 0.6) is 0 Å². The Balaban J connectivity index is 1.72. The minimum atomic E-state index is 0.190. The molecule has 1 saturated heterocycles. The van der Waals surface area contributed by atoms with Gasteiger partial charge in [0.1, 0.15) is 0 Å². The predicted molar refractivity (Wildman–Crippen MR) is 84.8 cm³/mol. The fourth-order valence-electron chi connectivity index (χ4n) is 3.19. The van der Waals surface area contributed by atoms with Crippen molar-refractivity contribution in [1.82, 2.24) is 0 Å². The topological polar surface area (TPSA) is 41.6 Å². The first-order valence-corrected chi connectivity index (χ1v) is 7.98. The van der Waals surface area contributed by atoms with Crippen molar-refractivity contribution in [3.8, 4) is 0 Å². The predicted octanol–water partition coefficient (Wildman–Crippen LogP) is 2.96. The van der Waals surface area contributed by atoms with E-state index in [1.807, 2.05) is 6.92 Å². The second-order valence-corrected chi connectivity index (χ2v) is 6.07. The van der Waals surface area contributed by atoms with E-state index in [0.29, 0.717) is 0 Å². The van der Waals surface area contributed by atoms with Crippen LogP contribution in [-0.2, 0) is 9.53 Å². The van der Waals surface area contributed by atoms with Gasteiger partial charge in [-0.3, -0.25) is 4.79 Å². The first kappa shape index (κ1) is 14.4. The molecular formula is C17H24N2O2. The number of carbonyl (C=O) groups excluding carboxylic acids is 1. The van der Waals surface area contributed by atoms with Crippen LogP contribution in [0, 0.1) is 12.8 Å². The number of hydrogen-bond acceptors (Lipinski definition) is 3. The summed E-state index contributed by atoms with van der Waals surface area (Å²) in [5.74, 6) is 0.395. The van der Waals surface area contributed by atoms with Crippen molar-refractivity contribution >= 4 is 17.3 Å². The molecule has 0 spiro atoms. The van der Waals surface area contributed by atoms with E-state index in [0.717, 1.165) is 50.4 Å². The quantitative estimate of drug-likeness (QED) is 0.929. The fraction of sp³-hybridized carbons (Fsp3) is 0.588. The van der Waals surface area contributed by atoms with Crippen LogP contribution in [0.3, 0.4) is 0 Å². The highest BCUT2D eigenvalue weighted by Gasteiger charge is 2.23. The summed E-state index contributed by atoms with van der Waals surface area (Å²) < 4.78 is 5.40. The molecule has 1 aromatic rings. The van der Waals surface area contributed by atoms with Gasteiger partial charge in [-0.2, -0.15) is 0 Å². The minimum absolute atomic E-state index is 0.190. The van der Waals surface area contributed by atoms with Crippen LogP contribution in [0.15, 0.2) is 18.2 Å². The standard InChI is InChI=1S/C17H24N2O2/c1-13-6-7-15(19-8-10-21-11-9-19)12-16(13)18-17(20)14-4-2-3-5-14/h6-7,12,14H,2-5,8-11H2,1H3,(H,18,20). The van der Waals surface area contributed by atoms with Crippen molar-refractivity contribution in [1.29, 1.82) is 0 Å². The Bertz CT molecular complexity index is 504. The molecule has 114 valence electrons. The van der Waals surface area contributed by atoms with Crippen molar-refractivity contribution in [2.24, 2.45) is 5.92 Å². The highest BCUT2D eigenvalue weighted by atomic mass is 16.5. The lowest BCUT2D eigenvalue weighted by atomic mass is 10.1. The highest BCUT2D eigenvalue weighted by molar-refractivity contribution is 5.94. The van der Waals surface area contributed by atoms with E-state index in [9.17, 15) is 4.79 Å². The van der Waals surface area contributed by atoms with Crippen molar-refractivity contribution in [2.45, 2.75) is 32.6 Å². The van der Waals surface area contributed by atoms with Crippen LogP contribution in [0.1, 0.15) is 31.2 Å². The van der Waals surface area contributed by atoms with Gasteiger partial charge in [0.05, 0.1) is 13.2 Å². The van der Waals surface area contributed by atoms with Gasteiger partial charge >= 0.3 is 0 Å². The van der Waals surface area contributed by atoms with Gasteiger partial charge in [-0.25, -0.2) is 0 Å². The molecule has 4 nitrogen and oxygen atoms in total. The first-order chi connectivity index (χ1) is 10.2. The number of benzene rings is 1. The average Bonchev–Trinajstić information content (AvgIpc) is 3.05. The van der Waals surface area contributed by atoms with Crippen molar-refractivity contribution in [3.05, 3.63) is 23.8 Å². The molecular weight excluding hydrogens is 264 g/mol. The zero-order chi connectivity index (χ0) is 14.7. The molecule has 2 aliphatic rings. The SMILES string of the molecule is Cc1ccc(N2CCOCC2)cc1NC(=O)C1CCCC1. The Labute approximate surface area is 126 Å². The van der Waals surface area contributed by atoms with Gasteiger partial charge in [-0.15, -0.1) is 0 Å². The molecule has 1 saturated carbocycles. The largest absolute Gasteiger partial charge is 0.378 e. The minimum Gasteiger partial charge on any atom is -0.378 e. The molecule has 0 atom stereocenters. The van der Waals surface area contributed by atoms with Gasteiger partial charge in [0.2, 0.25) is 5.91 Å². The Morgan fingerprint density at radius 1 is 1.24 bits per heavy atom. The number of aryl methyl sites for hydroxylation is 1. The number of nitrogens with one attached hydrogen (secondary N) is 1. The maximum Gasteiger partial charge on any atom is 0.227 e. The monoisotopic (exact) mass is 288 g/mol. The molecule has 1 aromatic carbocycles. The lowest BCUT2D eigenvalue weighted by Crippen LogP contribution is -2.36. The molecule has 1 heterocycles. The van der Waals surface area contributed by atoms with Crippen LogP contribution in [0.2, 0.25) is 0 Å². The zero-order valence-electron chi connectivity index (χ0n) is 12.7. The summed E-state index contributed by atoms with van der Waals surface area (Å²) in [6.45, 7) is 5.43. The number of hydrogen-bond donors (Lipinski definition) is 1. The number of carbonyl (C=O) groups is 1. The number of anilines is 2. The van der Waals surface area contributed by atoms with E-state index < -0.39 is 0 Å². The summed E-state index contributed by atoms with van der Waals surface area (Å²) in [7, 11) is 0. The van der Waals surface area contributed by atoms with Crippen LogP contribution in [0.4, 0.5) is 11.4 Å². The molecule has 0 aromatic heterocycles. The Hall–Kier alpha value is -1.55. The van der Waals surface area contributed by atoms with E-state index in [-0.39, 0.29) is 11.8 Å². The van der Waals surface area contributed by atoms with Crippen molar-refractivity contribution < 1.29 is 9.53 Å². The number of rotatable bonds is 3.